The van der Waals surface area contributed by atoms with E-state index < -0.39 is 0 Å². The average molecular weight is 470 g/mol. The van der Waals surface area contributed by atoms with Gasteiger partial charge < -0.3 is 9.84 Å². The van der Waals surface area contributed by atoms with Gasteiger partial charge >= 0.3 is 0 Å². The smallest absolute Gasteiger partial charge is 0.264 e. The molecule has 8 heteroatoms. The Hall–Kier alpha value is -4.12. The minimum Gasteiger partial charge on any atom is -0.355 e. The zero-order chi connectivity index (χ0) is 25.3. The average Bonchev–Trinajstić information content (AvgIpc) is 3.21. The zero-order valence-electron chi connectivity index (χ0n) is 21.3. The number of hydrogen-bond donors (Lipinski definition) is 2. The number of hydrogen-bond acceptors (Lipinski definition) is 8. The van der Waals surface area contributed by atoms with Gasteiger partial charge in [0.25, 0.3) is 5.88 Å². The van der Waals surface area contributed by atoms with Gasteiger partial charge in [0.1, 0.15) is 17.3 Å². The largest absolute Gasteiger partial charge is 0.355 e. The molecule has 1 aliphatic carbocycles. The topological polar surface area (TPSA) is 103 Å². The number of allylic oxidation sites excluding steroid dienone is 4. The first-order valence-electron chi connectivity index (χ1n) is 11.6. The van der Waals surface area contributed by atoms with Gasteiger partial charge in [-0.05, 0) is 39.7 Å². The lowest BCUT2D eigenvalue weighted by molar-refractivity contribution is 0.425. The van der Waals surface area contributed by atoms with Crippen LogP contribution in [0.2, 0.25) is 0 Å². The Balaban J connectivity index is 1.54. The van der Waals surface area contributed by atoms with Crippen LogP contribution in [-0.2, 0) is 0 Å². The standard InChI is InChI=1S/C27H31N7O/c1-16-8-10-20(11-9-16)23-21(14-28)25(35-33-23)34(7)32-26-29-15-22(19(4)30-26)31-24-18(3)12-17(2)13-27(24,5)6/h8-12,15,31H,13H2,1-7H3,(H,29,30,32). The molecule has 0 bridgehead atoms. The molecule has 1 aromatic carbocycles. The summed E-state index contributed by atoms with van der Waals surface area (Å²) in [6.45, 7) is 12.7. The van der Waals surface area contributed by atoms with E-state index in [1.54, 1.807) is 18.3 Å². The molecule has 3 aromatic rings. The summed E-state index contributed by atoms with van der Waals surface area (Å²) in [6, 6.07) is 10.00. The van der Waals surface area contributed by atoms with Crippen LogP contribution in [0.1, 0.15) is 50.9 Å². The van der Waals surface area contributed by atoms with E-state index in [2.05, 4.69) is 65.7 Å². The van der Waals surface area contributed by atoms with E-state index in [9.17, 15) is 5.26 Å². The lowest BCUT2D eigenvalue weighted by atomic mass is 9.77. The lowest BCUT2D eigenvalue weighted by Crippen LogP contribution is -2.27. The fourth-order valence-corrected chi connectivity index (χ4v) is 4.58. The molecule has 0 aliphatic heterocycles. The summed E-state index contributed by atoms with van der Waals surface area (Å²) in [5, 5.41) is 19.0. The Labute approximate surface area is 206 Å². The molecule has 0 saturated heterocycles. The van der Waals surface area contributed by atoms with Crippen LogP contribution < -0.4 is 15.8 Å². The molecule has 35 heavy (non-hydrogen) atoms. The SMILES string of the molecule is CC1=CC(C)=C(Nc2cnc(NN(C)c3onc(-c4ccc(C)cc4)c3C#N)nc2C)C(C)(C)C1. The van der Waals surface area contributed by atoms with Gasteiger partial charge in [0, 0.05) is 23.7 Å². The third kappa shape index (κ3) is 4.90. The molecule has 0 spiro atoms. The van der Waals surface area contributed by atoms with E-state index >= 15 is 0 Å². The minimum absolute atomic E-state index is 0.00162. The van der Waals surface area contributed by atoms with E-state index in [4.69, 9.17) is 4.52 Å². The summed E-state index contributed by atoms with van der Waals surface area (Å²) in [4.78, 5) is 9.09. The number of hydrazine groups is 1. The second-order valence-corrected chi connectivity index (χ2v) is 9.79. The maximum absolute atomic E-state index is 9.78. The molecular weight excluding hydrogens is 438 g/mol. The molecule has 0 radical (unpaired) electrons. The third-order valence-electron chi connectivity index (χ3n) is 6.18. The molecule has 0 unspecified atom stereocenters. The number of nitrogens with zero attached hydrogens (tertiary/aromatic N) is 5. The van der Waals surface area contributed by atoms with Gasteiger partial charge in [0.05, 0.1) is 17.6 Å². The highest BCUT2D eigenvalue weighted by Crippen LogP contribution is 2.40. The fourth-order valence-electron chi connectivity index (χ4n) is 4.58. The first kappa shape index (κ1) is 24.0. The van der Waals surface area contributed by atoms with Gasteiger partial charge in [0.2, 0.25) is 5.95 Å². The number of nitrogens with one attached hydrogen (secondary N) is 2. The normalized spacial score (nSPS) is 14.9. The molecule has 0 saturated carbocycles. The van der Waals surface area contributed by atoms with Crippen molar-refractivity contribution < 1.29 is 4.52 Å². The number of aryl methyl sites for hydroxylation is 2. The van der Waals surface area contributed by atoms with E-state index in [1.165, 1.54) is 16.8 Å². The minimum atomic E-state index is 0.00162. The van der Waals surface area contributed by atoms with Crippen molar-refractivity contribution >= 4 is 17.5 Å². The first-order valence-corrected chi connectivity index (χ1v) is 11.6. The van der Waals surface area contributed by atoms with E-state index in [-0.39, 0.29) is 5.41 Å². The Morgan fingerprint density at radius 2 is 1.83 bits per heavy atom. The second kappa shape index (κ2) is 9.26. The van der Waals surface area contributed by atoms with Gasteiger partial charge in [-0.15, -0.1) is 0 Å². The highest BCUT2D eigenvalue weighted by Gasteiger charge is 2.29. The van der Waals surface area contributed by atoms with Crippen molar-refractivity contribution in [3.05, 3.63) is 70.2 Å². The quantitative estimate of drug-likeness (QED) is 0.415. The lowest BCUT2D eigenvalue weighted by Gasteiger charge is -2.34. The Morgan fingerprint density at radius 3 is 2.46 bits per heavy atom. The molecule has 0 amide bonds. The predicted octanol–water partition coefficient (Wildman–Crippen LogP) is 6.15. The van der Waals surface area contributed by atoms with E-state index in [0.29, 0.717) is 23.1 Å². The molecule has 1 aliphatic rings. The molecule has 4 rings (SSSR count). The number of rotatable bonds is 6. The molecule has 2 N–H and O–H groups in total. The van der Waals surface area contributed by atoms with Crippen molar-refractivity contribution in [3.8, 4) is 17.3 Å². The van der Waals surface area contributed by atoms with Crippen molar-refractivity contribution in [1.82, 2.24) is 15.1 Å². The zero-order valence-corrected chi connectivity index (χ0v) is 21.3. The van der Waals surface area contributed by atoms with Crippen molar-refractivity contribution in [2.75, 3.05) is 22.8 Å². The van der Waals surface area contributed by atoms with Crippen LogP contribution in [0.15, 0.2) is 57.9 Å². The molecule has 2 heterocycles. The van der Waals surface area contributed by atoms with Crippen LogP contribution in [0.4, 0.5) is 17.5 Å². The number of aromatic nitrogens is 3. The van der Waals surface area contributed by atoms with Crippen LogP contribution in [0.5, 0.6) is 0 Å². The first-order chi connectivity index (χ1) is 16.6. The number of anilines is 3. The van der Waals surface area contributed by atoms with Crippen LogP contribution in [0, 0.1) is 30.6 Å². The van der Waals surface area contributed by atoms with Crippen LogP contribution in [0.25, 0.3) is 11.3 Å². The third-order valence-corrected chi connectivity index (χ3v) is 6.18. The predicted molar refractivity (Wildman–Crippen MR) is 139 cm³/mol. The molecule has 180 valence electrons. The van der Waals surface area contributed by atoms with E-state index in [0.717, 1.165) is 28.9 Å². The van der Waals surface area contributed by atoms with Crippen LogP contribution >= 0.6 is 0 Å². The highest BCUT2D eigenvalue weighted by molar-refractivity contribution is 5.73. The summed E-state index contributed by atoms with van der Waals surface area (Å²) in [7, 11) is 1.73. The summed E-state index contributed by atoms with van der Waals surface area (Å²) >= 11 is 0. The maximum Gasteiger partial charge on any atom is 0.264 e. The van der Waals surface area contributed by atoms with Crippen LogP contribution in [-0.4, -0.2) is 22.2 Å². The van der Waals surface area contributed by atoms with E-state index in [1.807, 2.05) is 38.1 Å². The molecule has 0 atom stereocenters. The monoisotopic (exact) mass is 469 g/mol. The molecule has 2 aromatic heterocycles. The Bertz CT molecular complexity index is 1360. The Morgan fingerprint density at radius 1 is 1.11 bits per heavy atom. The van der Waals surface area contributed by atoms with Gasteiger partial charge in [-0.25, -0.2) is 9.97 Å². The number of nitriles is 1. The van der Waals surface area contributed by atoms with Crippen molar-refractivity contribution in [3.63, 3.8) is 0 Å². The summed E-state index contributed by atoms with van der Waals surface area (Å²) < 4.78 is 5.51. The van der Waals surface area contributed by atoms with Gasteiger partial charge in [-0.1, -0.05) is 60.5 Å². The summed E-state index contributed by atoms with van der Waals surface area (Å²) in [6.07, 6.45) is 4.99. The van der Waals surface area contributed by atoms with Gasteiger partial charge in [-0.2, -0.15) is 5.26 Å². The van der Waals surface area contributed by atoms with Crippen molar-refractivity contribution in [2.24, 2.45) is 5.41 Å². The van der Waals surface area contributed by atoms with Crippen molar-refractivity contribution in [1.29, 1.82) is 5.26 Å². The van der Waals surface area contributed by atoms with Gasteiger partial charge in [-0.3, -0.25) is 10.4 Å². The van der Waals surface area contributed by atoms with Crippen LogP contribution in [0.3, 0.4) is 0 Å². The Kier molecular flexibility index (Phi) is 6.35. The number of benzene rings is 1. The van der Waals surface area contributed by atoms with Gasteiger partial charge in [0.15, 0.2) is 0 Å². The fraction of sp³-hybridized carbons (Fsp3) is 0.333. The summed E-state index contributed by atoms with van der Waals surface area (Å²) in [5.41, 5.74) is 11.3. The van der Waals surface area contributed by atoms with Crippen molar-refractivity contribution in [2.45, 2.75) is 48.0 Å². The highest BCUT2D eigenvalue weighted by atomic mass is 16.5. The molecular formula is C27H31N7O. The maximum atomic E-state index is 9.78. The molecule has 0 fully saturated rings. The summed E-state index contributed by atoms with van der Waals surface area (Å²) in [5.74, 6) is 0.676. The second-order valence-electron chi connectivity index (χ2n) is 9.79. The molecule has 8 nitrogen and oxygen atoms in total.